The molecule has 1 aromatic heterocycles. The number of nitrogens with two attached hydrogens (primary N) is 1. The third-order valence-electron chi connectivity index (χ3n) is 3.12. The summed E-state index contributed by atoms with van der Waals surface area (Å²) in [4.78, 5) is 14.0. The van der Waals surface area contributed by atoms with Gasteiger partial charge in [-0.05, 0) is 24.8 Å². The molecular weight excluding hydrogens is 230 g/mol. The first-order valence-corrected chi connectivity index (χ1v) is 6.43. The molecule has 0 spiro atoms. The molecule has 0 aliphatic heterocycles. The van der Waals surface area contributed by atoms with Crippen molar-refractivity contribution < 1.29 is 9.21 Å². The summed E-state index contributed by atoms with van der Waals surface area (Å²) in [5, 5.41) is 0. The molecule has 1 aromatic rings. The minimum absolute atomic E-state index is 0.326. The third-order valence-corrected chi connectivity index (χ3v) is 3.12. The number of nitrogens with one attached hydrogen (secondary N) is 1. The molecule has 2 rings (SSSR count). The lowest BCUT2D eigenvalue weighted by Crippen LogP contribution is -2.33. The van der Waals surface area contributed by atoms with Crippen LogP contribution in [0.2, 0.25) is 0 Å². The van der Waals surface area contributed by atoms with Crippen molar-refractivity contribution in [3.63, 3.8) is 0 Å². The molecule has 0 radical (unpaired) electrons. The van der Waals surface area contributed by atoms with Gasteiger partial charge in [0.05, 0.1) is 6.26 Å². The van der Waals surface area contributed by atoms with Gasteiger partial charge >= 0.3 is 5.91 Å². The van der Waals surface area contributed by atoms with E-state index in [9.17, 15) is 4.79 Å². The highest BCUT2D eigenvalue weighted by Gasteiger charge is 2.30. The van der Waals surface area contributed by atoms with Crippen LogP contribution in [0.4, 0.5) is 0 Å². The summed E-state index contributed by atoms with van der Waals surface area (Å²) in [7, 11) is 0. The fourth-order valence-electron chi connectivity index (χ4n) is 2.20. The monoisotopic (exact) mass is 251 g/mol. The Morgan fingerprint density at radius 1 is 1.61 bits per heavy atom. The maximum atomic E-state index is 11.5. The van der Waals surface area contributed by atoms with Crippen LogP contribution >= 0.6 is 0 Å². The molecule has 0 unspecified atom stereocenters. The lowest BCUT2D eigenvalue weighted by molar-refractivity contribution is 0.0922. The zero-order valence-electron chi connectivity index (χ0n) is 11.0. The van der Waals surface area contributed by atoms with Gasteiger partial charge < -0.3 is 4.42 Å². The van der Waals surface area contributed by atoms with E-state index in [-0.39, 0.29) is 5.91 Å². The molecule has 1 fully saturated rings. The van der Waals surface area contributed by atoms with E-state index in [1.807, 2.05) is 6.07 Å². The second-order valence-corrected chi connectivity index (χ2v) is 5.30. The van der Waals surface area contributed by atoms with Gasteiger partial charge in [0.15, 0.2) is 5.76 Å². The largest absolute Gasteiger partial charge is 0.459 e. The number of carbonyl (C=O) groups excluding carboxylic acids is 1. The van der Waals surface area contributed by atoms with Crippen LogP contribution in [0.25, 0.3) is 0 Å². The van der Waals surface area contributed by atoms with Crippen molar-refractivity contribution in [1.29, 1.82) is 0 Å². The van der Waals surface area contributed by atoms with E-state index in [0.29, 0.717) is 17.7 Å². The molecule has 5 nitrogen and oxygen atoms in total. The van der Waals surface area contributed by atoms with Gasteiger partial charge in [-0.3, -0.25) is 15.1 Å². The number of hydrogen-bond acceptors (Lipinski definition) is 4. The van der Waals surface area contributed by atoms with Crippen molar-refractivity contribution in [2.75, 3.05) is 6.54 Å². The number of nitrogen functional groups attached to an aromatic ring is 1. The summed E-state index contributed by atoms with van der Waals surface area (Å²) < 4.78 is 5.20. The molecule has 0 aromatic carbocycles. The second kappa shape index (κ2) is 5.54. The second-order valence-electron chi connectivity index (χ2n) is 5.30. The summed E-state index contributed by atoms with van der Waals surface area (Å²) in [6.07, 6.45) is 4.05. The molecular formula is C13H21N3O2. The molecule has 100 valence electrons. The Kier molecular flexibility index (Phi) is 4.04. The smallest absolute Gasteiger partial charge is 0.301 e. The van der Waals surface area contributed by atoms with E-state index in [2.05, 4.69) is 24.2 Å². The van der Waals surface area contributed by atoms with Crippen molar-refractivity contribution in [3.8, 4) is 0 Å². The van der Waals surface area contributed by atoms with Crippen LogP contribution in [-0.4, -0.2) is 23.4 Å². The van der Waals surface area contributed by atoms with Crippen LogP contribution in [0, 0.1) is 5.92 Å². The molecule has 3 N–H and O–H groups in total. The topological polar surface area (TPSA) is 71.5 Å². The molecule has 1 saturated carbocycles. The highest BCUT2D eigenvalue weighted by Crippen LogP contribution is 2.29. The van der Waals surface area contributed by atoms with Gasteiger partial charge in [-0.2, -0.15) is 0 Å². The predicted octanol–water partition coefficient (Wildman–Crippen LogP) is 1.50. The number of nitrogens with zero attached hydrogens (tertiary/aromatic N) is 1. The zero-order chi connectivity index (χ0) is 13.1. The van der Waals surface area contributed by atoms with Crippen molar-refractivity contribution in [2.24, 2.45) is 11.8 Å². The number of carbonyl (C=O) groups is 1. The zero-order valence-corrected chi connectivity index (χ0v) is 11.0. The average molecular weight is 251 g/mol. The summed E-state index contributed by atoms with van der Waals surface area (Å²) in [6.45, 7) is 6.21. The Hall–Kier alpha value is -1.33. The van der Waals surface area contributed by atoms with E-state index in [4.69, 9.17) is 10.3 Å². The summed E-state index contributed by atoms with van der Waals surface area (Å²) >= 11 is 0. The van der Waals surface area contributed by atoms with Gasteiger partial charge in [0.2, 0.25) is 0 Å². The van der Waals surface area contributed by atoms with Crippen LogP contribution in [0.3, 0.4) is 0 Å². The normalized spacial score (nSPS) is 15.4. The molecule has 0 saturated heterocycles. The Morgan fingerprint density at radius 3 is 2.89 bits per heavy atom. The van der Waals surface area contributed by atoms with Crippen molar-refractivity contribution in [3.05, 3.63) is 23.7 Å². The quantitative estimate of drug-likeness (QED) is 0.456. The molecule has 0 atom stereocenters. The van der Waals surface area contributed by atoms with E-state index in [0.717, 1.165) is 18.7 Å². The van der Waals surface area contributed by atoms with Gasteiger partial charge in [0.1, 0.15) is 0 Å². The summed E-state index contributed by atoms with van der Waals surface area (Å²) in [5.41, 5.74) is 3.02. The summed E-state index contributed by atoms with van der Waals surface area (Å²) in [5.74, 6) is 5.72. The SMILES string of the molecule is CC(C)CN(Cc1ccoc1C(=O)NN)C1CC1. The number of hydrazine groups is 1. The lowest BCUT2D eigenvalue weighted by atomic mass is 10.1. The van der Waals surface area contributed by atoms with Crippen LogP contribution < -0.4 is 11.3 Å². The maximum Gasteiger partial charge on any atom is 0.301 e. The fourth-order valence-corrected chi connectivity index (χ4v) is 2.20. The van der Waals surface area contributed by atoms with E-state index in [1.54, 1.807) is 6.26 Å². The minimum atomic E-state index is -0.365. The number of rotatable bonds is 6. The Bertz CT molecular complexity index is 410. The van der Waals surface area contributed by atoms with Crippen molar-refractivity contribution in [1.82, 2.24) is 10.3 Å². The van der Waals surface area contributed by atoms with Gasteiger partial charge in [-0.15, -0.1) is 0 Å². The van der Waals surface area contributed by atoms with Gasteiger partial charge in [-0.1, -0.05) is 13.8 Å². The van der Waals surface area contributed by atoms with Crippen molar-refractivity contribution in [2.45, 2.75) is 39.3 Å². The number of hydrogen-bond donors (Lipinski definition) is 2. The van der Waals surface area contributed by atoms with Crippen molar-refractivity contribution >= 4 is 5.91 Å². The molecule has 5 heteroatoms. The third kappa shape index (κ3) is 3.11. The predicted molar refractivity (Wildman–Crippen MR) is 68.6 cm³/mol. The Labute approximate surface area is 107 Å². The first-order valence-electron chi connectivity index (χ1n) is 6.43. The van der Waals surface area contributed by atoms with Crippen LogP contribution in [0.1, 0.15) is 42.8 Å². The molecule has 18 heavy (non-hydrogen) atoms. The van der Waals surface area contributed by atoms with Gasteiger partial charge in [0.25, 0.3) is 0 Å². The molecule has 1 amide bonds. The minimum Gasteiger partial charge on any atom is -0.459 e. The first kappa shape index (κ1) is 13.1. The fraction of sp³-hybridized carbons (Fsp3) is 0.615. The number of furan rings is 1. The van der Waals surface area contributed by atoms with Crippen LogP contribution in [-0.2, 0) is 6.54 Å². The first-order chi connectivity index (χ1) is 8.61. The van der Waals surface area contributed by atoms with Gasteiger partial charge in [0, 0.05) is 24.7 Å². The average Bonchev–Trinajstić information content (AvgIpc) is 3.08. The Morgan fingerprint density at radius 2 is 2.33 bits per heavy atom. The molecule has 1 aliphatic rings. The van der Waals surface area contributed by atoms with Gasteiger partial charge in [-0.25, -0.2) is 5.84 Å². The molecule has 0 bridgehead atoms. The maximum absolute atomic E-state index is 11.5. The standard InChI is InChI=1S/C13H21N3O2/c1-9(2)7-16(11-3-4-11)8-10-5-6-18-12(10)13(17)15-14/h5-6,9,11H,3-4,7-8,14H2,1-2H3,(H,15,17). The van der Waals surface area contributed by atoms with E-state index < -0.39 is 0 Å². The molecule has 1 heterocycles. The highest BCUT2D eigenvalue weighted by atomic mass is 16.3. The van der Waals surface area contributed by atoms with E-state index in [1.165, 1.54) is 12.8 Å². The Balaban J connectivity index is 2.06. The number of amides is 1. The van der Waals surface area contributed by atoms with E-state index >= 15 is 0 Å². The van der Waals surface area contributed by atoms with Crippen LogP contribution in [0.15, 0.2) is 16.7 Å². The van der Waals surface area contributed by atoms with Crippen LogP contribution in [0.5, 0.6) is 0 Å². The highest BCUT2D eigenvalue weighted by molar-refractivity contribution is 5.92. The lowest BCUT2D eigenvalue weighted by Gasteiger charge is -2.23. The summed E-state index contributed by atoms with van der Waals surface area (Å²) in [6, 6.07) is 2.51. The molecule has 1 aliphatic carbocycles.